The number of rotatable bonds is 3. The Morgan fingerprint density at radius 1 is 1.53 bits per heavy atom. The molecule has 1 rings (SSSR count). The van der Waals surface area contributed by atoms with Crippen molar-refractivity contribution in [3.05, 3.63) is 23.8 Å². The molecule has 4 nitrogen and oxygen atoms in total. The molecule has 0 fully saturated rings. The highest BCUT2D eigenvalue weighted by Crippen LogP contribution is 2.29. The molecule has 0 aliphatic heterocycles. The van der Waals surface area contributed by atoms with Crippen molar-refractivity contribution < 1.29 is 16.0 Å². The number of hydrogen-bond acceptors (Lipinski definition) is 3. The minimum absolute atomic E-state index is 0.0820. The van der Waals surface area contributed by atoms with Gasteiger partial charge in [-0.3, -0.25) is 4.55 Å². The molecule has 80 valence electrons. The summed E-state index contributed by atoms with van der Waals surface area (Å²) in [6.07, 6.45) is 5.36. The van der Waals surface area contributed by atoms with Crippen LogP contribution in [0.1, 0.15) is 5.56 Å². The molecule has 0 spiro atoms. The first-order valence-electron chi connectivity index (χ1n) is 3.82. The smallest absolute Gasteiger partial charge is 0.298 e. The third-order valence-corrected chi connectivity index (χ3v) is 3.03. The molecule has 1 N–H and O–H groups in total. The molecule has 0 aromatic heterocycles. The van der Waals surface area contributed by atoms with Crippen molar-refractivity contribution in [2.45, 2.75) is 11.3 Å². The van der Waals surface area contributed by atoms with Gasteiger partial charge in [-0.1, -0.05) is 12.1 Å². The van der Waals surface area contributed by atoms with Gasteiger partial charge in [0.15, 0.2) is 28.8 Å². The molecule has 0 amide bonds. The van der Waals surface area contributed by atoms with E-state index in [1.165, 1.54) is 12.1 Å². The van der Waals surface area contributed by atoms with Crippen LogP contribution in [0.25, 0.3) is 0 Å². The number of halogens is 1. The number of benzene rings is 1. The maximum atomic E-state index is 11.0. The molecule has 0 aliphatic carbocycles. The fraction of sp³-hybridized carbons (Fsp3) is 0.111. The Hall–Kier alpha value is -0.780. The molecule has 1 aromatic rings. The fourth-order valence-corrected chi connectivity index (χ4v) is 2.43. The van der Waals surface area contributed by atoms with Gasteiger partial charge in [-0.2, -0.15) is 8.42 Å². The Bertz CT molecular complexity index is 501. The van der Waals surface area contributed by atoms with Crippen LogP contribution in [0, 0.1) is 12.3 Å². The molecular weight excluding hydrogens is 331 g/mol. The predicted octanol–water partition coefficient (Wildman–Crippen LogP) is 1.84. The zero-order valence-electron chi connectivity index (χ0n) is 7.47. The molecule has 1 aromatic carbocycles. The van der Waals surface area contributed by atoms with Crippen LogP contribution in [0.5, 0.6) is 5.75 Å². The minimum atomic E-state index is -4.28. The first-order chi connectivity index (χ1) is 7.00. The van der Waals surface area contributed by atoms with Crippen LogP contribution < -0.4 is 3.07 Å². The molecule has 15 heavy (non-hydrogen) atoms. The molecule has 0 bridgehead atoms. The Morgan fingerprint density at radius 3 is 2.67 bits per heavy atom. The Labute approximate surface area is 102 Å². The molecule has 0 aliphatic rings. The quantitative estimate of drug-likeness (QED) is 0.519. The minimum Gasteiger partial charge on any atom is -0.426 e. The average Bonchev–Trinajstić information content (AvgIpc) is 2.16. The van der Waals surface area contributed by atoms with E-state index >= 15 is 0 Å². The number of hydrogen-bond donors (Lipinski definition) is 1. The number of terminal acetylenes is 1. The van der Waals surface area contributed by atoms with E-state index in [1.54, 1.807) is 29.1 Å². The summed E-state index contributed by atoms with van der Waals surface area (Å²) in [6, 6.07) is 4.39. The molecule has 0 heterocycles. The van der Waals surface area contributed by atoms with E-state index < -0.39 is 10.1 Å². The van der Waals surface area contributed by atoms with Gasteiger partial charge < -0.3 is 3.07 Å². The molecule has 6 heteroatoms. The van der Waals surface area contributed by atoms with E-state index in [9.17, 15) is 8.42 Å². The predicted molar refractivity (Wildman–Crippen MR) is 63.4 cm³/mol. The highest BCUT2D eigenvalue weighted by atomic mass is 127. The zero-order chi connectivity index (χ0) is 11.5. The molecule has 0 atom stereocenters. The van der Waals surface area contributed by atoms with Crippen LogP contribution in [0.3, 0.4) is 0 Å². The maximum Gasteiger partial charge on any atom is 0.298 e. The summed E-state index contributed by atoms with van der Waals surface area (Å²) in [5, 5.41) is 0. The summed E-state index contributed by atoms with van der Waals surface area (Å²) in [5.74, 6) is 2.46. The Kier molecular flexibility index (Phi) is 3.96. The van der Waals surface area contributed by atoms with E-state index in [4.69, 9.17) is 14.0 Å². The van der Waals surface area contributed by atoms with Crippen molar-refractivity contribution in [3.63, 3.8) is 0 Å². The lowest BCUT2D eigenvalue weighted by Gasteiger charge is -2.07. The van der Waals surface area contributed by atoms with E-state index in [0.717, 1.165) is 0 Å². The van der Waals surface area contributed by atoms with Gasteiger partial charge in [0.25, 0.3) is 10.1 Å². The summed E-state index contributed by atoms with van der Waals surface area (Å²) < 4.78 is 35.8. The van der Waals surface area contributed by atoms with Crippen molar-refractivity contribution in [1.82, 2.24) is 0 Å². The van der Waals surface area contributed by atoms with Crippen LogP contribution in [0.4, 0.5) is 0 Å². The van der Waals surface area contributed by atoms with E-state index in [2.05, 4.69) is 5.92 Å². The summed E-state index contributed by atoms with van der Waals surface area (Å²) in [4.78, 5) is -0.273. The molecular formula is C9H7IO4S. The van der Waals surface area contributed by atoms with Gasteiger partial charge in [-0.05, 0) is 6.07 Å². The van der Waals surface area contributed by atoms with Gasteiger partial charge in [0, 0.05) is 12.0 Å². The topological polar surface area (TPSA) is 63.6 Å². The van der Waals surface area contributed by atoms with E-state index in [1.807, 2.05) is 0 Å². The van der Waals surface area contributed by atoms with Crippen LogP contribution in [-0.2, 0) is 16.5 Å². The monoisotopic (exact) mass is 338 g/mol. The van der Waals surface area contributed by atoms with Crippen molar-refractivity contribution in [2.75, 3.05) is 0 Å². The van der Waals surface area contributed by atoms with Crippen molar-refractivity contribution in [1.29, 1.82) is 0 Å². The average molecular weight is 338 g/mol. The normalized spacial score (nSPS) is 10.7. The lowest BCUT2D eigenvalue weighted by molar-refractivity contribution is 0.479. The Balaban J connectivity index is 3.43. The first-order valence-corrected chi connectivity index (χ1v) is 6.14. The summed E-state index contributed by atoms with van der Waals surface area (Å²) in [7, 11) is -4.28. The molecule has 0 saturated heterocycles. The highest BCUT2D eigenvalue weighted by Gasteiger charge is 2.19. The second-order valence-electron chi connectivity index (χ2n) is 2.68. The summed E-state index contributed by atoms with van der Waals surface area (Å²) in [6.45, 7) is 0. The van der Waals surface area contributed by atoms with Crippen molar-refractivity contribution >= 4 is 33.1 Å². The summed E-state index contributed by atoms with van der Waals surface area (Å²) in [5.41, 5.74) is 0.544. The fourth-order valence-electron chi connectivity index (χ4n) is 1.10. The lowest BCUT2D eigenvalue weighted by Crippen LogP contribution is -2.02. The lowest BCUT2D eigenvalue weighted by atomic mass is 10.1. The largest absolute Gasteiger partial charge is 0.426 e. The molecule has 0 radical (unpaired) electrons. The van der Waals surface area contributed by atoms with Gasteiger partial charge in [0.2, 0.25) is 0 Å². The second kappa shape index (κ2) is 4.83. The summed E-state index contributed by atoms with van der Waals surface area (Å²) >= 11 is 1.54. The Morgan fingerprint density at radius 2 is 2.20 bits per heavy atom. The highest BCUT2D eigenvalue weighted by molar-refractivity contribution is 14.1. The van der Waals surface area contributed by atoms with Crippen LogP contribution in [0.15, 0.2) is 23.1 Å². The maximum absolute atomic E-state index is 11.0. The zero-order valence-corrected chi connectivity index (χ0v) is 10.4. The first kappa shape index (κ1) is 12.3. The number of para-hydroxylation sites is 1. The van der Waals surface area contributed by atoms with Crippen LogP contribution in [-0.4, -0.2) is 13.0 Å². The van der Waals surface area contributed by atoms with Gasteiger partial charge in [-0.15, -0.1) is 12.3 Å². The van der Waals surface area contributed by atoms with Crippen molar-refractivity contribution in [3.8, 4) is 18.1 Å². The SMILES string of the molecule is C#CCc1cccc(S(=O)(=O)O)c1OI. The third-order valence-electron chi connectivity index (χ3n) is 1.71. The van der Waals surface area contributed by atoms with Gasteiger partial charge in [-0.25, -0.2) is 0 Å². The van der Waals surface area contributed by atoms with Crippen LogP contribution >= 0.6 is 23.0 Å². The second-order valence-corrected chi connectivity index (χ2v) is 4.51. The standard InChI is InChI=1S/C9H7IO4S/c1-2-4-7-5-3-6-8(9(7)14-10)15(11,12)13/h1,3,5-6H,4H2,(H,11,12,13). The third kappa shape index (κ3) is 2.84. The molecule has 0 saturated carbocycles. The molecule has 0 unspecified atom stereocenters. The van der Waals surface area contributed by atoms with Crippen molar-refractivity contribution in [2.24, 2.45) is 0 Å². The van der Waals surface area contributed by atoms with Crippen LogP contribution in [0.2, 0.25) is 0 Å². The van der Waals surface area contributed by atoms with Gasteiger partial charge in [0.1, 0.15) is 4.90 Å². The van der Waals surface area contributed by atoms with Gasteiger partial charge >= 0.3 is 0 Å². The van der Waals surface area contributed by atoms with Gasteiger partial charge in [0.05, 0.1) is 0 Å². The van der Waals surface area contributed by atoms with E-state index in [-0.39, 0.29) is 17.1 Å². The van der Waals surface area contributed by atoms with E-state index in [0.29, 0.717) is 5.56 Å².